The molecule has 0 aliphatic carbocycles. The number of rotatable bonds is 3. The SMILES string of the molecule is COc1cccc(C(=O)O)c1S(C)(=O)=O. The summed E-state index contributed by atoms with van der Waals surface area (Å²) in [6.07, 6.45) is 0.942. The Bertz CT molecular complexity index is 489. The van der Waals surface area contributed by atoms with Crippen LogP contribution in [0.5, 0.6) is 5.75 Å². The van der Waals surface area contributed by atoms with Gasteiger partial charge in [-0.1, -0.05) is 6.07 Å². The number of hydrogen-bond donors (Lipinski definition) is 1. The molecular weight excluding hydrogens is 220 g/mol. The molecule has 0 aromatic heterocycles. The molecule has 1 rings (SSSR count). The van der Waals surface area contributed by atoms with Crippen molar-refractivity contribution in [3.05, 3.63) is 23.8 Å². The molecule has 0 spiro atoms. The Morgan fingerprint density at radius 1 is 1.40 bits per heavy atom. The molecule has 0 saturated carbocycles. The maximum absolute atomic E-state index is 11.4. The van der Waals surface area contributed by atoms with Crippen LogP contribution in [-0.2, 0) is 9.84 Å². The molecule has 1 N–H and O–H groups in total. The predicted octanol–water partition coefficient (Wildman–Crippen LogP) is 0.797. The second-order valence-electron chi connectivity index (χ2n) is 2.91. The van der Waals surface area contributed by atoms with Crippen LogP contribution in [-0.4, -0.2) is 32.9 Å². The first-order valence-corrected chi connectivity index (χ1v) is 5.87. The van der Waals surface area contributed by atoms with Crippen LogP contribution in [0.25, 0.3) is 0 Å². The van der Waals surface area contributed by atoms with Crippen molar-refractivity contribution in [1.82, 2.24) is 0 Å². The highest BCUT2D eigenvalue weighted by Crippen LogP contribution is 2.27. The number of methoxy groups -OCH3 is 1. The summed E-state index contributed by atoms with van der Waals surface area (Å²) in [7, 11) is -2.34. The van der Waals surface area contributed by atoms with E-state index < -0.39 is 15.8 Å². The third-order valence-corrected chi connectivity index (χ3v) is 2.96. The molecule has 0 radical (unpaired) electrons. The molecule has 82 valence electrons. The van der Waals surface area contributed by atoms with Gasteiger partial charge < -0.3 is 9.84 Å². The fourth-order valence-electron chi connectivity index (χ4n) is 1.23. The molecular formula is C9H10O5S. The summed E-state index contributed by atoms with van der Waals surface area (Å²) in [5, 5.41) is 8.83. The highest BCUT2D eigenvalue weighted by atomic mass is 32.2. The smallest absolute Gasteiger partial charge is 0.337 e. The van der Waals surface area contributed by atoms with E-state index in [1.807, 2.05) is 0 Å². The lowest BCUT2D eigenvalue weighted by molar-refractivity contribution is 0.0692. The van der Waals surface area contributed by atoms with Gasteiger partial charge in [-0.25, -0.2) is 13.2 Å². The normalized spacial score (nSPS) is 11.1. The van der Waals surface area contributed by atoms with Crippen molar-refractivity contribution in [2.75, 3.05) is 13.4 Å². The van der Waals surface area contributed by atoms with Gasteiger partial charge >= 0.3 is 5.97 Å². The number of aromatic carboxylic acids is 1. The molecule has 0 heterocycles. The monoisotopic (exact) mass is 230 g/mol. The lowest BCUT2D eigenvalue weighted by atomic mass is 10.2. The first-order chi connectivity index (χ1) is 6.88. The van der Waals surface area contributed by atoms with Crippen molar-refractivity contribution in [2.45, 2.75) is 4.90 Å². The summed E-state index contributed by atoms with van der Waals surface area (Å²) in [6.45, 7) is 0. The third-order valence-electron chi connectivity index (χ3n) is 1.80. The van der Waals surface area contributed by atoms with Crippen molar-refractivity contribution < 1.29 is 23.1 Å². The molecule has 0 amide bonds. The molecule has 0 saturated heterocycles. The van der Waals surface area contributed by atoms with Gasteiger partial charge in [0, 0.05) is 6.26 Å². The summed E-state index contributed by atoms with van der Waals surface area (Å²) in [5.41, 5.74) is -0.281. The average Bonchev–Trinajstić information content (AvgIpc) is 2.15. The Morgan fingerprint density at radius 2 is 2.00 bits per heavy atom. The molecule has 1 aromatic rings. The fourth-order valence-corrected chi connectivity index (χ4v) is 2.30. The third kappa shape index (κ3) is 2.27. The van der Waals surface area contributed by atoms with Gasteiger partial charge in [-0.15, -0.1) is 0 Å². The molecule has 0 aliphatic rings. The lowest BCUT2D eigenvalue weighted by Crippen LogP contribution is -2.09. The van der Waals surface area contributed by atoms with Gasteiger partial charge in [0.15, 0.2) is 9.84 Å². The van der Waals surface area contributed by atoms with Gasteiger partial charge in [0.05, 0.1) is 12.7 Å². The quantitative estimate of drug-likeness (QED) is 0.830. The second-order valence-corrected chi connectivity index (χ2v) is 4.87. The predicted molar refractivity (Wildman–Crippen MR) is 53.1 cm³/mol. The van der Waals surface area contributed by atoms with E-state index in [1.54, 1.807) is 0 Å². The van der Waals surface area contributed by atoms with Crippen molar-refractivity contribution in [3.8, 4) is 5.75 Å². The zero-order valence-electron chi connectivity index (χ0n) is 8.22. The summed E-state index contributed by atoms with van der Waals surface area (Å²) in [6, 6.07) is 4.06. The van der Waals surface area contributed by atoms with E-state index in [1.165, 1.54) is 25.3 Å². The molecule has 5 nitrogen and oxygen atoms in total. The van der Waals surface area contributed by atoms with E-state index >= 15 is 0 Å². The number of hydrogen-bond acceptors (Lipinski definition) is 4. The van der Waals surface area contributed by atoms with Gasteiger partial charge in [-0.05, 0) is 12.1 Å². The molecule has 0 aliphatic heterocycles. The molecule has 1 aromatic carbocycles. The lowest BCUT2D eigenvalue weighted by Gasteiger charge is -2.08. The molecule has 15 heavy (non-hydrogen) atoms. The zero-order valence-corrected chi connectivity index (χ0v) is 9.04. The second kappa shape index (κ2) is 3.90. The Kier molecular flexibility index (Phi) is 2.99. The first-order valence-electron chi connectivity index (χ1n) is 3.98. The standard InChI is InChI=1S/C9H10O5S/c1-14-7-5-3-4-6(9(10)11)8(7)15(2,12)13/h3-5H,1-2H3,(H,10,11). The molecule has 0 unspecified atom stereocenters. The van der Waals surface area contributed by atoms with Crippen LogP contribution in [0.15, 0.2) is 23.1 Å². The van der Waals surface area contributed by atoms with Crippen LogP contribution in [0.4, 0.5) is 0 Å². The number of carboxylic acid groups (broad SMARTS) is 1. The van der Waals surface area contributed by atoms with Crippen LogP contribution in [0.1, 0.15) is 10.4 Å². The summed E-state index contributed by atoms with van der Waals surface area (Å²) in [5.74, 6) is -1.26. The summed E-state index contributed by atoms with van der Waals surface area (Å²) >= 11 is 0. The highest BCUT2D eigenvalue weighted by molar-refractivity contribution is 7.90. The van der Waals surface area contributed by atoms with Crippen LogP contribution in [0.3, 0.4) is 0 Å². The Labute approximate surface area is 87.2 Å². The topological polar surface area (TPSA) is 80.7 Å². The Morgan fingerprint density at radius 3 is 2.40 bits per heavy atom. The van der Waals surface area contributed by atoms with Gasteiger partial charge in [-0.2, -0.15) is 0 Å². The van der Waals surface area contributed by atoms with Crippen LogP contribution in [0.2, 0.25) is 0 Å². The van der Waals surface area contributed by atoms with Crippen molar-refractivity contribution >= 4 is 15.8 Å². The molecule has 0 bridgehead atoms. The van der Waals surface area contributed by atoms with E-state index in [2.05, 4.69) is 0 Å². The minimum Gasteiger partial charge on any atom is -0.495 e. The minimum absolute atomic E-state index is 0.0393. The Balaban J connectivity index is 3.63. The minimum atomic E-state index is -3.63. The summed E-state index contributed by atoms with van der Waals surface area (Å²) < 4.78 is 27.6. The maximum atomic E-state index is 11.4. The molecule has 6 heteroatoms. The largest absolute Gasteiger partial charge is 0.495 e. The van der Waals surface area contributed by atoms with E-state index in [4.69, 9.17) is 9.84 Å². The van der Waals surface area contributed by atoms with Gasteiger partial charge in [-0.3, -0.25) is 0 Å². The first kappa shape index (κ1) is 11.5. The van der Waals surface area contributed by atoms with Crippen molar-refractivity contribution in [1.29, 1.82) is 0 Å². The van der Waals surface area contributed by atoms with E-state index in [0.717, 1.165) is 6.26 Å². The van der Waals surface area contributed by atoms with Crippen molar-refractivity contribution in [2.24, 2.45) is 0 Å². The number of benzene rings is 1. The van der Waals surface area contributed by atoms with E-state index in [9.17, 15) is 13.2 Å². The number of sulfone groups is 1. The fraction of sp³-hybridized carbons (Fsp3) is 0.222. The van der Waals surface area contributed by atoms with E-state index in [0.29, 0.717) is 0 Å². The maximum Gasteiger partial charge on any atom is 0.337 e. The highest BCUT2D eigenvalue weighted by Gasteiger charge is 2.22. The van der Waals surface area contributed by atoms with E-state index in [-0.39, 0.29) is 16.2 Å². The van der Waals surface area contributed by atoms with Crippen molar-refractivity contribution in [3.63, 3.8) is 0 Å². The summed E-state index contributed by atoms with van der Waals surface area (Å²) in [4.78, 5) is 10.5. The number of ether oxygens (including phenoxy) is 1. The number of carboxylic acids is 1. The van der Waals surface area contributed by atoms with Gasteiger partial charge in [0.25, 0.3) is 0 Å². The molecule has 0 fully saturated rings. The number of carbonyl (C=O) groups is 1. The van der Waals surface area contributed by atoms with Crippen LogP contribution < -0.4 is 4.74 Å². The zero-order chi connectivity index (χ0) is 11.6. The Hall–Kier alpha value is -1.56. The van der Waals surface area contributed by atoms with Gasteiger partial charge in [0.2, 0.25) is 0 Å². The molecule has 0 atom stereocenters. The van der Waals surface area contributed by atoms with Crippen LogP contribution in [0, 0.1) is 0 Å². The van der Waals surface area contributed by atoms with Crippen LogP contribution >= 0.6 is 0 Å². The van der Waals surface area contributed by atoms with Gasteiger partial charge in [0.1, 0.15) is 10.6 Å². The average molecular weight is 230 g/mol.